The zero-order valence-electron chi connectivity index (χ0n) is 17.0. The van der Waals surface area contributed by atoms with Gasteiger partial charge in [-0.05, 0) is 29.5 Å². The van der Waals surface area contributed by atoms with Gasteiger partial charge in [0.15, 0.2) is 5.78 Å². The number of H-pyrrole nitrogens is 1. The van der Waals surface area contributed by atoms with E-state index in [-0.39, 0.29) is 23.1 Å². The largest absolute Gasteiger partial charge is 0.384 e. The standard InChI is InChI=1S/C24H19ClN6O/c25-18-9-5-4-8-16(18)21-17(12-26)23(27)31(24-28-13-29-30-24)19-10-15(11-20(32)22(19)21)14-6-2-1-3-7-14/h1-9,13,15,21H,10-11,27H2,(H,28,29,30). The summed E-state index contributed by atoms with van der Waals surface area (Å²) in [7, 11) is 0. The molecule has 0 amide bonds. The lowest BCUT2D eigenvalue weighted by atomic mass is 9.72. The highest BCUT2D eigenvalue weighted by atomic mass is 35.5. The summed E-state index contributed by atoms with van der Waals surface area (Å²) in [5.41, 5.74) is 9.82. The van der Waals surface area contributed by atoms with Crippen molar-refractivity contribution in [2.75, 3.05) is 4.90 Å². The molecule has 0 bridgehead atoms. The third-order valence-corrected chi connectivity index (χ3v) is 6.41. The van der Waals surface area contributed by atoms with Crippen molar-refractivity contribution >= 4 is 23.3 Å². The van der Waals surface area contributed by atoms with Crippen LogP contribution in [0.1, 0.15) is 35.8 Å². The highest BCUT2D eigenvalue weighted by molar-refractivity contribution is 6.31. The first kappa shape index (κ1) is 20.0. The van der Waals surface area contributed by atoms with E-state index in [4.69, 9.17) is 17.3 Å². The summed E-state index contributed by atoms with van der Waals surface area (Å²) in [6.45, 7) is 0. The number of allylic oxidation sites excluding steroid dienone is 3. The number of nitrogens with two attached hydrogens (primary N) is 1. The second-order valence-electron chi connectivity index (χ2n) is 7.81. The molecule has 3 N–H and O–H groups in total. The van der Waals surface area contributed by atoms with Crippen LogP contribution < -0.4 is 10.6 Å². The molecule has 5 rings (SSSR count). The molecule has 2 heterocycles. The van der Waals surface area contributed by atoms with E-state index >= 15 is 0 Å². The van der Waals surface area contributed by atoms with Gasteiger partial charge in [0.05, 0.1) is 17.6 Å². The maximum absolute atomic E-state index is 13.6. The van der Waals surface area contributed by atoms with E-state index in [2.05, 4.69) is 21.3 Å². The van der Waals surface area contributed by atoms with Gasteiger partial charge in [0.25, 0.3) is 0 Å². The van der Waals surface area contributed by atoms with Gasteiger partial charge in [0.1, 0.15) is 12.1 Å². The van der Waals surface area contributed by atoms with Gasteiger partial charge in [0.2, 0.25) is 5.95 Å². The van der Waals surface area contributed by atoms with Gasteiger partial charge < -0.3 is 5.73 Å². The Morgan fingerprint density at radius 2 is 1.88 bits per heavy atom. The molecule has 0 radical (unpaired) electrons. The molecule has 0 fully saturated rings. The Bertz CT molecular complexity index is 1290. The molecule has 158 valence electrons. The Morgan fingerprint density at radius 3 is 2.56 bits per heavy atom. The molecule has 8 heteroatoms. The summed E-state index contributed by atoms with van der Waals surface area (Å²) in [6, 6.07) is 19.4. The smallest absolute Gasteiger partial charge is 0.231 e. The summed E-state index contributed by atoms with van der Waals surface area (Å²) in [4.78, 5) is 19.6. The van der Waals surface area contributed by atoms with E-state index in [9.17, 15) is 10.1 Å². The van der Waals surface area contributed by atoms with E-state index in [1.807, 2.05) is 48.5 Å². The molecule has 3 aromatic rings. The summed E-state index contributed by atoms with van der Waals surface area (Å²) < 4.78 is 0. The minimum absolute atomic E-state index is 0.0174. The number of rotatable bonds is 3. The van der Waals surface area contributed by atoms with Crippen molar-refractivity contribution in [2.45, 2.75) is 24.7 Å². The maximum atomic E-state index is 13.6. The van der Waals surface area contributed by atoms with Gasteiger partial charge in [-0.25, -0.2) is 5.10 Å². The van der Waals surface area contributed by atoms with Crippen molar-refractivity contribution < 1.29 is 4.79 Å². The quantitative estimate of drug-likeness (QED) is 0.630. The third-order valence-electron chi connectivity index (χ3n) is 6.07. The van der Waals surface area contributed by atoms with Crippen LogP contribution in [0.25, 0.3) is 0 Å². The van der Waals surface area contributed by atoms with Crippen LogP contribution in [0.5, 0.6) is 0 Å². The van der Waals surface area contributed by atoms with Crippen molar-refractivity contribution in [1.29, 1.82) is 5.26 Å². The van der Waals surface area contributed by atoms with E-state index in [1.54, 1.807) is 11.0 Å². The Morgan fingerprint density at radius 1 is 1.12 bits per heavy atom. The van der Waals surface area contributed by atoms with Crippen molar-refractivity contribution in [2.24, 2.45) is 5.73 Å². The fourth-order valence-electron chi connectivity index (χ4n) is 4.66. The number of aromatic amines is 1. The number of carbonyl (C=O) groups is 1. The topological polar surface area (TPSA) is 112 Å². The molecular weight excluding hydrogens is 424 g/mol. The van der Waals surface area contributed by atoms with Gasteiger partial charge in [-0.1, -0.05) is 60.1 Å². The number of carbonyl (C=O) groups excluding carboxylic acids is 1. The van der Waals surface area contributed by atoms with Crippen LogP contribution in [0.15, 0.2) is 83.6 Å². The molecule has 0 spiro atoms. The number of nitrogens with one attached hydrogen (secondary N) is 1. The number of Topliss-reactive ketones (excluding diaryl/α,β-unsaturated/α-hetero) is 1. The Kier molecular flexibility index (Phi) is 5.00. The monoisotopic (exact) mass is 442 g/mol. The molecule has 2 aliphatic rings. The highest BCUT2D eigenvalue weighted by Gasteiger charge is 2.44. The van der Waals surface area contributed by atoms with Crippen LogP contribution in [-0.4, -0.2) is 21.0 Å². The predicted octanol–water partition coefficient (Wildman–Crippen LogP) is 4.16. The first-order chi connectivity index (χ1) is 15.6. The fraction of sp³-hybridized carbons (Fsp3) is 0.167. The van der Waals surface area contributed by atoms with Gasteiger partial charge in [-0.15, -0.1) is 0 Å². The fourth-order valence-corrected chi connectivity index (χ4v) is 4.90. The lowest BCUT2D eigenvalue weighted by Crippen LogP contribution is -2.40. The predicted molar refractivity (Wildman–Crippen MR) is 120 cm³/mol. The zero-order chi connectivity index (χ0) is 22.2. The molecule has 7 nitrogen and oxygen atoms in total. The first-order valence-corrected chi connectivity index (χ1v) is 10.6. The van der Waals surface area contributed by atoms with Gasteiger partial charge >= 0.3 is 0 Å². The van der Waals surface area contributed by atoms with Crippen LogP contribution in [0.2, 0.25) is 5.02 Å². The van der Waals surface area contributed by atoms with Crippen molar-refractivity contribution in [3.63, 3.8) is 0 Å². The number of aromatic nitrogens is 3. The minimum Gasteiger partial charge on any atom is -0.384 e. The van der Waals surface area contributed by atoms with Crippen LogP contribution in [-0.2, 0) is 4.79 Å². The maximum Gasteiger partial charge on any atom is 0.231 e. The third kappa shape index (κ3) is 3.17. The number of halogens is 1. The SMILES string of the molecule is N#CC1=C(N)N(c2ncn[nH]2)C2=C(C(=O)CC(c3ccccc3)C2)C1c1ccccc1Cl. The normalized spacial score (nSPS) is 20.9. The van der Waals surface area contributed by atoms with Crippen LogP contribution in [0.4, 0.5) is 5.95 Å². The molecule has 1 aromatic heterocycles. The molecule has 2 atom stereocenters. The lowest BCUT2D eigenvalue weighted by molar-refractivity contribution is -0.116. The summed E-state index contributed by atoms with van der Waals surface area (Å²) in [6.07, 6.45) is 2.27. The number of ketones is 1. The number of benzene rings is 2. The number of nitrogens with zero attached hydrogens (tertiary/aromatic N) is 4. The number of nitriles is 1. The van der Waals surface area contributed by atoms with E-state index < -0.39 is 5.92 Å². The molecule has 32 heavy (non-hydrogen) atoms. The van der Waals surface area contributed by atoms with Crippen LogP contribution in [0.3, 0.4) is 0 Å². The van der Waals surface area contributed by atoms with Crippen molar-refractivity contribution in [3.05, 3.63) is 99.7 Å². The molecular formula is C24H19ClN6O. The average Bonchev–Trinajstić information content (AvgIpc) is 3.33. The lowest BCUT2D eigenvalue weighted by Gasteiger charge is -2.40. The molecule has 1 aliphatic carbocycles. The van der Waals surface area contributed by atoms with Crippen molar-refractivity contribution in [1.82, 2.24) is 15.2 Å². The summed E-state index contributed by atoms with van der Waals surface area (Å²) in [5, 5.41) is 17.3. The highest BCUT2D eigenvalue weighted by Crippen LogP contribution is 2.49. The Hall–Kier alpha value is -3.89. The van der Waals surface area contributed by atoms with E-state index in [0.29, 0.717) is 40.6 Å². The Labute approximate surface area is 189 Å². The minimum atomic E-state index is -0.632. The molecule has 0 saturated carbocycles. The van der Waals surface area contributed by atoms with E-state index in [1.165, 1.54) is 6.33 Å². The van der Waals surface area contributed by atoms with E-state index in [0.717, 1.165) is 5.56 Å². The summed E-state index contributed by atoms with van der Waals surface area (Å²) >= 11 is 6.52. The first-order valence-electron chi connectivity index (χ1n) is 10.2. The van der Waals surface area contributed by atoms with Crippen molar-refractivity contribution in [3.8, 4) is 6.07 Å². The molecule has 1 aliphatic heterocycles. The Balaban J connectivity index is 1.73. The zero-order valence-corrected chi connectivity index (χ0v) is 17.8. The van der Waals surface area contributed by atoms with Gasteiger partial charge in [0, 0.05) is 22.7 Å². The van der Waals surface area contributed by atoms with Crippen LogP contribution >= 0.6 is 11.6 Å². The van der Waals surface area contributed by atoms with Crippen LogP contribution in [0, 0.1) is 11.3 Å². The summed E-state index contributed by atoms with van der Waals surface area (Å²) in [5.74, 6) is -0.102. The number of hydrogen-bond donors (Lipinski definition) is 2. The average molecular weight is 443 g/mol. The van der Waals surface area contributed by atoms with Gasteiger partial charge in [-0.2, -0.15) is 15.3 Å². The molecule has 2 unspecified atom stereocenters. The number of anilines is 1. The van der Waals surface area contributed by atoms with Gasteiger partial charge in [-0.3, -0.25) is 9.69 Å². The molecule has 0 saturated heterocycles. The second-order valence-corrected chi connectivity index (χ2v) is 8.22. The molecule has 2 aromatic carbocycles. The number of hydrogen-bond acceptors (Lipinski definition) is 6. The second kappa shape index (κ2) is 7.98.